The number of likely N-dealkylation sites (N-methyl/N-ethyl adjacent to an activating group) is 1. The van der Waals surface area contributed by atoms with Crippen molar-refractivity contribution in [3.63, 3.8) is 0 Å². The first-order valence-corrected chi connectivity index (χ1v) is 10.8. The summed E-state index contributed by atoms with van der Waals surface area (Å²) in [6.45, 7) is 1.26. The van der Waals surface area contributed by atoms with E-state index in [4.69, 9.17) is 4.42 Å². The molecule has 0 aliphatic heterocycles. The largest absolute Gasteiger partial charge is 0.415 e. The fourth-order valence-corrected chi connectivity index (χ4v) is 3.52. The van der Waals surface area contributed by atoms with Gasteiger partial charge in [-0.05, 0) is 13.0 Å². The van der Waals surface area contributed by atoms with Crippen LogP contribution in [0.15, 0.2) is 35.0 Å². The standard InChI is InChI=1S/C18H18F4N6O3S.CH4/c1-3-32(29,30)28(2)9-14(12-5-4-11(19)6-13(12)20)25-18-23-7-10(8-24-18)16-26-27-17(31-16)15(21)22;/h4-8,14-15H,3,9H2,1-2H3,(H,23,24,25);1H4. The lowest BCUT2D eigenvalue weighted by molar-refractivity contribution is 0.116. The Morgan fingerprint density at radius 2 is 1.82 bits per heavy atom. The van der Waals surface area contributed by atoms with E-state index in [1.165, 1.54) is 32.4 Å². The Kier molecular flexibility index (Phi) is 8.44. The smallest absolute Gasteiger partial charge is 0.314 e. The zero-order chi connectivity index (χ0) is 23.5. The predicted molar refractivity (Wildman–Crippen MR) is 112 cm³/mol. The second-order valence-corrected chi connectivity index (χ2v) is 8.95. The maximum Gasteiger partial charge on any atom is 0.314 e. The van der Waals surface area contributed by atoms with Gasteiger partial charge in [-0.15, -0.1) is 10.2 Å². The van der Waals surface area contributed by atoms with Crippen molar-refractivity contribution in [3.8, 4) is 11.5 Å². The first-order chi connectivity index (χ1) is 15.1. The van der Waals surface area contributed by atoms with Crippen LogP contribution in [0.25, 0.3) is 11.5 Å². The second-order valence-electron chi connectivity index (χ2n) is 6.59. The predicted octanol–water partition coefficient (Wildman–Crippen LogP) is 3.81. The lowest BCUT2D eigenvalue weighted by Crippen LogP contribution is -2.35. The van der Waals surface area contributed by atoms with Crippen molar-refractivity contribution in [2.24, 2.45) is 0 Å². The maximum absolute atomic E-state index is 14.4. The molecule has 0 fully saturated rings. The molecule has 3 aromatic rings. The molecule has 0 aliphatic carbocycles. The lowest BCUT2D eigenvalue weighted by atomic mass is 10.1. The van der Waals surface area contributed by atoms with Crippen molar-refractivity contribution >= 4 is 16.0 Å². The normalized spacial score (nSPS) is 12.6. The number of sulfonamides is 1. The fraction of sp³-hybridized carbons (Fsp3) is 0.368. The number of nitrogens with zero attached hydrogens (tertiary/aromatic N) is 5. The minimum atomic E-state index is -3.59. The molecule has 2 heterocycles. The second kappa shape index (κ2) is 10.7. The Labute approximate surface area is 187 Å². The molecule has 1 unspecified atom stereocenters. The number of hydrogen-bond donors (Lipinski definition) is 1. The average Bonchev–Trinajstić information content (AvgIpc) is 3.24. The van der Waals surface area contributed by atoms with Crippen LogP contribution in [0.4, 0.5) is 23.5 Å². The molecular weight excluding hydrogens is 468 g/mol. The van der Waals surface area contributed by atoms with E-state index in [0.717, 1.165) is 10.4 Å². The Hall–Kier alpha value is -3.13. The summed E-state index contributed by atoms with van der Waals surface area (Å²) < 4.78 is 83.1. The van der Waals surface area contributed by atoms with E-state index in [1.807, 2.05) is 0 Å². The lowest BCUT2D eigenvalue weighted by Gasteiger charge is -2.25. The molecule has 9 nitrogen and oxygen atoms in total. The fourth-order valence-electron chi connectivity index (χ4n) is 2.71. The van der Waals surface area contributed by atoms with E-state index in [0.29, 0.717) is 6.07 Å². The topological polar surface area (TPSA) is 114 Å². The van der Waals surface area contributed by atoms with Crippen molar-refractivity contribution < 1.29 is 30.4 Å². The molecular formula is C19H22F4N6O3S. The van der Waals surface area contributed by atoms with E-state index in [9.17, 15) is 26.0 Å². The van der Waals surface area contributed by atoms with Gasteiger partial charge in [-0.25, -0.2) is 31.5 Å². The van der Waals surface area contributed by atoms with E-state index < -0.39 is 40.0 Å². The number of benzene rings is 1. The zero-order valence-corrected chi connectivity index (χ0v) is 17.7. The quantitative estimate of drug-likeness (QED) is 0.451. The zero-order valence-electron chi connectivity index (χ0n) is 16.8. The molecule has 0 saturated carbocycles. The van der Waals surface area contributed by atoms with Gasteiger partial charge < -0.3 is 9.73 Å². The highest BCUT2D eigenvalue weighted by Crippen LogP contribution is 2.25. The molecule has 1 N–H and O–H groups in total. The molecule has 0 radical (unpaired) electrons. The molecule has 0 saturated heterocycles. The molecule has 180 valence electrons. The third kappa shape index (κ3) is 6.22. The highest BCUT2D eigenvalue weighted by Gasteiger charge is 2.25. The first-order valence-electron chi connectivity index (χ1n) is 9.20. The van der Waals surface area contributed by atoms with Crippen LogP contribution < -0.4 is 5.32 Å². The van der Waals surface area contributed by atoms with Crippen molar-refractivity contribution in [1.82, 2.24) is 24.5 Å². The Morgan fingerprint density at radius 1 is 1.15 bits per heavy atom. The Bertz CT molecular complexity index is 1170. The maximum atomic E-state index is 14.4. The first kappa shape index (κ1) is 26.1. The van der Waals surface area contributed by atoms with Gasteiger partial charge in [-0.3, -0.25) is 0 Å². The van der Waals surface area contributed by atoms with E-state index in [2.05, 4.69) is 25.5 Å². The summed E-state index contributed by atoms with van der Waals surface area (Å²) in [7, 11) is -2.27. The van der Waals surface area contributed by atoms with Gasteiger partial charge in [0.2, 0.25) is 16.0 Å². The number of hydrogen-bond acceptors (Lipinski definition) is 8. The monoisotopic (exact) mass is 490 g/mol. The Balaban J connectivity index is 0.00000385. The molecule has 0 amide bonds. The third-order valence-electron chi connectivity index (χ3n) is 4.45. The number of rotatable bonds is 9. The van der Waals surface area contributed by atoms with Gasteiger partial charge in [0.15, 0.2) is 0 Å². The van der Waals surface area contributed by atoms with Gasteiger partial charge in [0, 0.05) is 37.6 Å². The highest BCUT2D eigenvalue weighted by molar-refractivity contribution is 7.89. The summed E-state index contributed by atoms with van der Waals surface area (Å²) in [5.41, 5.74) is 0.154. The summed E-state index contributed by atoms with van der Waals surface area (Å²) in [4.78, 5) is 8.02. The SMILES string of the molecule is C.CCS(=O)(=O)N(C)CC(Nc1ncc(-c2nnc(C(F)F)o2)cn1)c1ccc(F)cc1F. The van der Waals surface area contributed by atoms with Crippen LogP contribution in [0.3, 0.4) is 0 Å². The molecule has 0 aliphatic rings. The molecule has 1 atom stereocenters. The Morgan fingerprint density at radius 3 is 2.36 bits per heavy atom. The summed E-state index contributed by atoms with van der Waals surface area (Å²) in [6.07, 6.45) is -0.508. The molecule has 3 rings (SSSR count). The van der Waals surface area contributed by atoms with Crippen molar-refractivity contribution in [1.29, 1.82) is 0 Å². The number of halogens is 4. The van der Waals surface area contributed by atoms with Gasteiger partial charge in [-0.1, -0.05) is 13.5 Å². The van der Waals surface area contributed by atoms with E-state index >= 15 is 0 Å². The minimum Gasteiger partial charge on any atom is -0.415 e. The van der Waals surface area contributed by atoms with Crippen molar-refractivity contribution in [3.05, 3.63) is 53.7 Å². The van der Waals surface area contributed by atoms with Crippen LogP contribution in [-0.4, -0.2) is 52.2 Å². The number of aromatic nitrogens is 4. The molecule has 1 aromatic carbocycles. The van der Waals surface area contributed by atoms with Gasteiger partial charge >= 0.3 is 6.43 Å². The molecule has 0 bridgehead atoms. The summed E-state index contributed by atoms with van der Waals surface area (Å²) in [5, 5.41) is 9.50. The van der Waals surface area contributed by atoms with Crippen LogP contribution in [-0.2, 0) is 10.0 Å². The van der Waals surface area contributed by atoms with Gasteiger partial charge in [-0.2, -0.15) is 8.78 Å². The van der Waals surface area contributed by atoms with E-state index in [1.54, 1.807) is 0 Å². The summed E-state index contributed by atoms with van der Waals surface area (Å²) in [5.74, 6) is -2.94. The van der Waals surface area contributed by atoms with Crippen LogP contribution >= 0.6 is 0 Å². The molecule has 14 heteroatoms. The number of anilines is 1. The molecule has 33 heavy (non-hydrogen) atoms. The van der Waals surface area contributed by atoms with Crippen LogP contribution in [0, 0.1) is 11.6 Å². The minimum absolute atomic E-state index is 0. The van der Waals surface area contributed by atoms with Crippen LogP contribution in [0.1, 0.15) is 38.3 Å². The number of alkyl halides is 2. The molecule has 2 aromatic heterocycles. The summed E-state index contributed by atoms with van der Waals surface area (Å²) >= 11 is 0. The highest BCUT2D eigenvalue weighted by atomic mass is 32.2. The van der Waals surface area contributed by atoms with Crippen LogP contribution in [0.5, 0.6) is 0 Å². The molecule has 0 spiro atoms. The van der Waals surface area contributed by atoms with Crippen molar-refractivity contribution in [2.75, 3.05) is 24.7 Å². The average molecular weight is 490 g/mol. The van der Waals surface area contributed by atoms with Gasteiger partial charge in [0.05, 0.1) is 17.4 Å². The third-order valence-corrected chi connectivity index (χ3v) is 6.28. The van der Waals surface area contributed by atoms with Crippen molar-refractivity contribution in [2.45, 2.75) is 26.8 Å². The summed E-state index contributed by atoms with van der Waals surface area (Å²) in [6, 6.07) is 1.94. The van der Waals surface area contributed by atoms with E-state index in [-0.39, 0.29) is 42.7 Å². The van der Waals surface area contributed by atoms with Gasteiger partial charge in [0.25, 0.3) is 11.8 Å². The van der Waals surface area contributed by atoms with Crippen LogP contribution in [0.2, 0.25) is 0 Å². The van der Waals surface area contributed by atoms with Gasteiger partial charge in [0.1, 0.15) is 11.6 Å². The number of nitrogens with one attached hydrogen (secondary N) is 1.